The van der Waals surface area contributed by atoms with E-state index in [0.29, 0.717) is 0 Å². The van der Waals surface area contributed by atoms with Gasteiger partial charge in [-0.25, -0.2) is 4.79 Å². The van der Waals surface area contributed by atoms with Crippen molar-refractivity contribution in [3.63, 3.8) is 0 Å². The van der Waals surface area contributed by atoms with Gasteiger partial charge >= 0.3 is 11.9 Å². The summed E-state index contributed by atoms with van der Waals surface area (Å²) in [5.41, 5.74) is 0. The molecule has 0 saturated carbocycles. The van der Waals surface area contributed by atoms with E-state index in [9.17, 15) is 9.59 Å². The first kappa shape index (κ1) is 11.8. The lowest BCUT2D eigenvalue weighted by atomic mass is 10.3. The average Bonchev–Trinajstić information content (AvgIpc) is 2.08. The fraction of sp³-hybridized carbons (Fsp3) is 0.200. The molecule has 0 aromatic carbocycles. The van der Waals surface area contributed by atoms with E-state index in [-0.39, 0.29) is 12.8 Å². The molecule has 0 saturated heterocycles. The highest BCUT2D eigenvalue weighted by atomic mass is 16.4. The van der Waals surface area contributed by atoms with Crippen molar-refractivity contribution in [1.82, 2.24) is 0 Å². The second kappa shape index (κ2) is 7.45. The molecule has 0 amide bonds. The third-order valence-electron chi connectivity index (χ3n) is 0.996. The van der Waals surface area contributed by atoms with E-state index in [1.165, 1.54) is 0 Å². The van der Waals surface area contributed by atoms with Crippen LogP contribution >= 0.6 is 0 Å². The quantitative estimate of drug-likeness (QED) is 0.504. The molecule has 2 N–H and O–H groups in total. The number of rotatable bonds is 3. The Kier molecular flexibility index (Phi) is 6.28. The zero-order chi connectivity index (χ0) is 10.8. The molecule has 0 fully saturated rings. The summed E-state index contributed by atoms with van der Waals surface area (Å²) < 4.78 is 0. The van der Waals surface area contributed by atoms with Gasteiger partial charge in [0.05, 0.1) is 6.42 Å². The molecule has 0 aliphatic carbocycles. The monoisotopic (exact) mass is 192 g/mol. The van der Waals surface area contributed by atoms with E-state index in [1.54, 1.807) is 0 Å². The summed E-state index contributed by atoms with van der Waals surface area (Å²) in [6.07, 6.45) is 2.28. The predicted octanol–water partition coefficient (Wildman–Crippen LogP) is 0.499. The van der Waals surface area contributed by atoms with Crippen LogP contribution < -0.4 is 0 Å². The van der Waals surface area contributed by atoms with Crippen molar-refractivity contribution in [2.45, 2.75) is 12.8 Å². The molecule has 0 spiro atoms. The Labute approximate surface area is 81.2 Å². The minimum Gasteiger partial charge on any atom is -0.481 e. The number of aliphatic carboxylic acids is 2. The molecule has 0 aromatic heterocycles. The summed E-state index contributed by atoms with van der Waals surface area (Å²) in [5.74, 6) is 7.67. The van der Waals surface area contributed by atoms with Crippen LogP contribution in [0.1, 0.15) is 12.8 Å². The van der Waals surface area contributed by atoms with E-state index < -0.39 is 11.9 Å². The van der Waals surface area contributed by atoms with Crippen LogP contribution in [0.3, 0.4) is 0 Å². The number of allylic oxidation sites excluding steroid dienone is 1. The Morgan fingerprint density at radius 3 is 2.50 bits per heavy atom. The van der Waals surface area contributed by atoms with Crippen LogP contribution in [0.4, 0.5) is 0 Å². The number of carboxylic acid groups (broad SMARTS) is 2. The number of carbonyl (C=O) groups is 2. The molecular formula is C10H8O4. The van der Waals surface area contributed by atoms with Gasteiger partial charge in [0.15, 0.2) is 0 Å². The summed E-state index contributed by atoms with van der Waals surface area (Å²) in [6, 6.07) is 0. The number of hydrogen-bond acceptors (Lipinski definition) is 2. The van der Waals surface area contributed by atoms with Crippen LogP contribution in [0.5, 0.6) is 0 Å². The van der Waals surface area contributed by atoms with Gasteiger partial charge in [-0.1, -0.05) is 11.8 Å². The highest BCUT2D eigenvalue weighted by molar-refractivity contribution is 5.80. The lowest BCUT2D eigenvalue weighted by molar-refractivity contribution is -0.137. The molecule has 0 atom stereocenters. The molecule has 4 heteroatoms. The van der Waals surface area contributed by atoms with E-state index in [2.05, 4.69) is 23.7 Å². The lowest BCUT2D eigenvalue weighted by Gasteiger charge is -1.80. The van der Waals surface area contributed by atoms with Crippen molar-refractivity contribution in [3.05, 3.63) is 12.2 Å². The zero-order valence-corrected chi connectivity index (χ0v) is 7.28. The number of hydrogen-bond donors (Lipinski definition) is 2. The highest BCUT2D eigenvalue weighted by Gasteiger charge is 1.90. The molecule has 72 valence electrons. The van der Waals surface area contributed by atoms with Crippen LogP contribution in [0.15, 0.2) is 12.2 Å². The first-order chi connectivity index (χ1) is 6.63. The van der Waals surface area contributed by atoms with Crippen LogP contribution in [-0.2, 0) is 9.59 Å². The fourth-order valence-corrected chi connectivity index (χ4v) is 0.467. The molecule has 4 nitrogen and oxygen atoms in total. The Bertz CT molecular complexity index is 357. The minimum absolute atomic E-state index is 0.0142. The van der Waals surface area contributed by atoms with Gasteiger partial charge in [0.2, 0.25) is 0 Å². The normalized spacial score (nSPS) is 8.29. The Balaban J connectivity index is 3.79. The SMILES string of the molecule is O=C(O)/C=C/C#CC#CCCC(=O)O. The van der Waals surface area contributed by atoms with Crippen LogP contribution in [0, 0.1) is 23.7 Å². The van der Waals surface area contributed by atoms with Gasteiger partial charge in [-0.3, -0.25) is 4.79 Å². The molecule has 0 heterocycles. The topological polar surface area (TPSA) is 74.6 Å². The Morgan fingerprint density at radius 1 is 1.21 bits per heavy atom. The van der Waals surface area contributed by atoms with Crippen LogP contribution in [-0.4, -0.2) is 22.2 Å². The lowest BCUT2D eigenvalue weighted by Crippen LogP contribution is -1.91. The summed E-state index contributed by atoms with van der Waals surface area (Å²) in [5, 5.41) is 16.4. The van der Waals surface area contributed by atoms with Gasteiger partial charge in [-0.05, 0) is 17.9 Å². The van der Waals surface area contributed by atoms with Crippen molar-refractivity contribution in [2.75, 3.05) is 0 Å². The maximum atomic E-state index is 10.0. The Morgan fingerprint density at radius 2 is 1.93 bits per heavy atom. The second-order valence-corrected chi connectivity index (χ2v) is 2.14. The van der Waals surface area contributed by atoms with Crippen LogP contribution in [0.25, 0.3) is 0 Å². The van der Waals surface area contributed by atoms with Crippen molar-refractivity contribution in [1.29, 1.82) is 0 Å². The molecule has 0 aliphatic rings. The first-order valence-electron chi connectivity index (χ1n) is 3.72. The molecule has 14 heavy (non-hydrogen) atoms. The van der Waals surface area contributed by atoms with Crippen molar-refractivity contribution in [2.24, 2.45) is 0 Å². The largest absolute Gasteiger partial charge is 0.481 e. The van der Waals surface area contributed by atoms with E-state index in [1.807, 2.05) is 0 Å². The number of carboxylic acids is 2. The van der Waals surface area contributed by atoms with Gasteiger partial charge in [0, 0.05) is 12.5 Å². The first-order valence-corrected chi connectivity index (χ1v) is 3.72. The predicted molar refractivity (Wildman–Crippen MR) is 49.2 cm³/mol. The standard InChI is InChI=1S/C10H8O4/c11-9(12)7-5-3-1-2-4-6-8-10(13)14/h5,7H,6,8H2,(H,11,12)(H,13,14)/b7-5+. The molecular weight excluding hydrogens is 184 g/mol. The van der Waals surface area contributed by atoms with Gasteiger partial charge in [0.1, 0.15) is 0 Å². The molecule has 0 bridgehead atoms. The maximum absolute atomic E-state index is 10.0. The molecule has 0 unspecified atom stereocenters. The molecule has 0 aromatic rings. The second-order valence-electron chi connectivity index (χ2n) is 2.14. The minimum atomic E-state index is -1.07. The van der Waals surface area contributed by atoms with Crippen molar-refractivity contribution in [3.8, 4) is 23.7 Å². The van der Waals surface area contributed by atoms with Gasteiger partial charge in [0.25, 0.3) is 0 Å². The Hall–Kier alpha value is -2.20. The average molecular weight is 192 g/mol. The van der Waals surface area contributed by atoms with E-state index >= 15 is 0 Å². The van der Waals surface area contributed by atoms with E-state index in [0.717, 1.165) is 12.2 Å². The highest BCUT2D eigenvalue weighted by Crippen LogP contribution is 1.84. The molecule has 0 rings (SSSR count). The van der Waals surface area contributed by atoms with Gasteiger partial charge in [-0.2, -0.15) is 0 Å². The summed E-state index contributed by atoms with van der Waals surface area (Å²) in [4.78, 5) is 20.0. The third kappa shape index (κ3) is 9.80. The molecule has 0 aliphatic heterocycles. The fourth-order valence-electron chi connectivity index (χ4n) is 0.467. The zero-order valence-electron chi connectivity index (χ0n) is 7.28. The van der Waals surface area contributed by atoms with Gasteiger partial charge < -0.3 is 10.2 Å². The van der Waals surface area contributed by atoms with Gasteiger partial charge in [-0.15, -0.1) is 0 Å². The third-order valence-corrected chi connectivity index (χ3v) is 0.996. The smallest absolute Gasteiger partial charge is 0.328 e. The van der Waals surface area contributed by atoms with Crippen molar-refractivity contribution >= 4 is 11.9 Å². The summed E-state index contributed by atoms with van der Waals surface area (Å²) in [7, 11) is 0. The molecule has 0 radical (unpaired) electrons. The summed E-state index contributed by atoms with van der Waals surface area (Å²) in [6.45, 7) is 0. The maximum Gasteiger partial charge on any atom is 0.328 e. The van der Waals surface area contributed by atoms with Crippen LogP contribution in [0.2, 0.25) is 0 Å². The summed E-state index contributed by atoms with van der Waals surface area (Å²) >= 11 is 0. The van der Waals surface area contributed by atoms with E-state index in [4.69, 9.17) is 10.2 Å². The van der Waals surface area contributed by atoms with Crippen molar-refractivity contribution < 1.29 is 19.8 Å².